The largest absolute Gasteiger partial charge is 0.376 e. The lowest BCUT2D eigenvalue weighted by molar-refractivity contribution is 0.860. The van der Waals surface area contributed by atoms with Crippen LogP contribution in [0.5, 0.6) is 0 Å². The van der Waals surface area contributed by atoms with Gasteiger partial charge in [0, 0.05) is 4.88 Å². The molecular formula is C14H13ClN4S. The minimum absolute atomic E-state index is 0.178. The fourth-order valence-electron chi connectivity index (χ4n) is 1.99. The van der Waals surface area contributed by atoms with Gasteiger partial charge in [0.25, 0.3) is 0 Å². The smallest absolute Gasteiger partial charge is 0.138 e. The van der Waals surface area contributed by atoms with Gasteiger partial charge in [-0.15, -0.1) is 11.3 Å². The normalized spacial score (nSPS) is 12.3. The van der Waals surface area contributed by atoms with Crippen LogP contribution in [-0.2, 0) is 0 Å². The van der Waals surface area contributed by atoms with Crippen molar-refractivity contribution in [2.24, 2.45) is 0 Å². The number of rotatable bonds is 4. The molecule has 1 N–H and O–H groups in total. The number of aromatic nitrogens is 3. The minimum atomic E-state index is 0.178. The van der Waals surface area contributed by atoms with Crippen molar-refractivity contribution in [2.75, 3.05) is 5.32 Å². The van der Waals surface area contributed by atoms with Gasteiger partial charge in [0.1, 0.15) is 12.7 Å². The van der Waals surface area contributed by atoms with Crippen molar-refractivity contribution in [1.29, 1.82) is 0 Å². The van der Waals surface area contributed by atoms with Gasteiger partial charge in [-0.1, -0.05) is 23.7 Å². The van der Waals surface area contributed by atoms with Crippen LogP contribution in [0.2, 0.25) is 4.34 Å². The number of hydrogen-bond acceptors (Lipinski definition) is 4. The summed E-state index contributed by atoms with van der Waals surface area (Å²) in [6, 6.07) is 12.2. The predicted octanol–water partition coefficient (Wildman–Crippen LogP) is 4.16. The van der Waals surface area contributed by atoms with Gasteiger partial charge in [0.05, 0.1) is 21.8 Å². The zero-order valence-corrected chi connectivity index (χ0v) is 12.4. The van der Waals surface area contributed by atoms with Crippen LogP contribution in [0.15, 0.2) is 49.1 Å². The van der Waals surface area contributed by atoms with Gasteiger partial charge >= 0.3 is 0 Å². The second-order valence-corrected chi connectivity index (χ2v) is 6.11. The Morgan fingerprint density at radius 1 is 1.25 bits per heavy atom. The number of nitrogens with one attached hydrogen (secondary N) is 1. The number of anilines is 1. The fourth-order valence-corrected chi connectivity index (χ4v) is 3.06. The summed E-state index contributed by atoms with van der Waals surface area (Å²) in [6.07, 6.45) is 3.21. The third-order valence-electron chi connectivity index (χ3n) is 2.96. The maximum Gasteiger partial charge on any atom is 0.138 e. The topological polar surface area (TPSA) is 42.7 Å². The summed E-state index contributed by atoms with van der Waals surface area (Å²) in [7, 11) is 0. The fraction of sp³-hybridized carbons (Fsp3) is 0.143. The van der Waals surface area contributed by atoms with E-state index in [-0.39, 0.29) is 6.04 Å². The third kappa shape index (κ3) is 2.69. The molecule has 0 spiro atoms. The molecule has 4 nitrogen and oxygen atoms in total. The lowest BCUT2D eigenvalue weighted by Gasteiger charge is -2.16. The van der Waals surface area contributed by atoms with Gasteiger partial charge in [0.2, 0.25) is 0 Å². The lowest BCUT2D eigenvalue weighted by Crippen LogP contribution is -2.08. The van der Waals surface area contributed by atoms with Crippen molar-refractivity contribution < 1.29 is 0 Å². The Hall–Kier alpha value is -1.85. The molecule has 1 unspecified atom stereocenters. The highest BCUT2D eigenvalue weighted by Gasteiger charge is 2.11. The molecule has 2 aromatic heterocycles. The quantitative estimate of drug-likeness (QED) is 0.787. The Morgan fingerprint density at radius 3 is 2.80 bits per heavy atom. The first kappa shape index (κ1) is 13.1. The van der Waals surface area contributed by atoms with E-state index in [9.17, 15) is 0 Å². The van der Waals surface area contributed by atoms with Crippen LogP contribution in [0, 0.1) is 0 Å². The molecule has 1 atom stereocenters. The molecule has 0 radical (unpaired) electrons. The number of nitrogens with zero attached hydrogens (tertiary/aromatic N) is 3. The second kappa shape index (κ2) is 5.64. The highest BCUT2D eigenvalue weighted by Crippen LogP contribution is 2.30. The lowest BCUT2D eigenvalue weighted by atomic mass is 10.2. The van der Waals surface area contributed by atoms with Gasteiger partial charge in [-0.3, -0.25) is 0 Å². The van der Waals surface area contributed by atoms with Crippen LogP contribution in [0.3, 0.4) is 0 Å². The van der Waals surface area contributed by atoms with Crippen molar-refractivity contribution in [3.8, 4) is 5.69 Å². The average molecular weight is 305 g/mol. The highest BCUT2D eigenvalue weighted by atomic mass is 35.5. The van der Waals surface area contributed by atoms with E-state index < -0.39 is 0 Å². The second-order valence-electron chi connectivity index (χ2n) is 4.37. The van der Waals surface area contributed by atoms with E-state index in [4.69, 9.17) is 11.6 Å². The molecule has 0 bridgehead atoms. The molecule has 0 amide bonds. The van der Waals surface area contributed by atoms with Crippen molar-refractivity contribution in [2.45, 2.75) is 13.0 Å². The molecule has 20 heavy (non-hydrogen) atoms. The average Bonchev–Trinajstić information content (AvgIpc) is 3.10. The summed E-state index contributed by atoms with van der Waals surface area (Å²) in [4.78, 5) is 5.19. The first-order chi connectivity index (χ1) is 9.74. The molecule has 0 fully saturated rings. The van der Waals surface area contributed by atoms with Crippen LogP contribution in [-0.4, -0.2) is 14.8 Å². The number of benzene rings is 1. The highest BCUT2D eigenvalue weighted by molar-refractivity contribution is 7.16. The maximum atomic E-state index is 5.99. The summed E-state index contributed by atoms with van der Waals surface area (Å²) in [6.45, 7) is 2.11. The van der Waals surface area contributed by atoms with Crippen LogP contribution in [0.25, 0.3) is 5.69 Å². The maximum absolute atomic E-state index is 5.99. The molecule has 0 saturated carbocycles. The summed E-state index contributed by atoms with van der Waals surface area (Å²) >= 11 is 7.57. The van der Waals surface area contributed by atoms with Crippen molar-refractivity contribution in [1.82, 2.24) is 14.8 Å². The van der Waals surface area contributed by atoms with Crippen molar-refractivity contribution >= 4 is 28.6 Å². The number of hydrogen-bond donors (Lipinski definition) is 1. The molecule has 0 aliphatic heterocycles. The molecule has 0 saturated heterocycles. The Bertz CT molecular complexity index is 693. The molecule has 102 valence electrons. The van der Waals surface area contributed by atoms with Gasteiger partial charge in [-0.05, 0) is 31.2 Å². The molecular weight excluding hydrogens is 292 g/mol. The van der Waals surface area contributed by atoms with E-state index in [0.29, 0.717) is 0 Å². The minimum Gasteiger partial charge on any atom is -0.376 e. The van der Waals surface area contributed by atoms with Gasteiger partial charge in [-0.25, -0.2) is 9.67 Å². The van der Waals surface area contributed by atoms with E-state index in [0.717, 1.165) is 15.7 Å². The summed E-state index contributed by atoms with van der Waals surface area (Å²) < 4.78 is 2.55. The van der Waals surface area contributed by atoms with Crippen LogP contribution in [0.1, 0.15) is 17.8 Å². The van der Waals surface area contributed by atoms with Crippen LogP contribution < -0.4 is 5.32 Å². The molecule has 0 aliphatic rings. The van der Waals surface area contributed by atoms with Gasteiger partial charge in [0.15, 0.2) is 0 Å². The summed E-state index contributed by atoms with van der Waals surface area (Å²) in [5, 5.41) is 7.67. The first-order valence-corrected chi connectivity index (χ1v) is 7.39. The Kier molecular flexibility index (Phi) is 3.71. The molecule has 6 heteroatoms. The third-order valence-corrected chi connectivity index (χ3v) is 4.38. The van der Waals surface area contributed by atoms with E-state index >= 15 is 0 Å². The molecule has 1 aromatic carbocycles. The summed E-state index contributed by atoms with van der Waals surface area (Å²) in [5.74, 6) is 0. The Morgan fingerprint density at radius 2 is 2.10 bits per heavy atom. The van der Waals surface area contributed by atoms with E-state index in [1.54, 1.807) is 22.3 Å². The van der Waals surface area contributed by atoms with Crippen LogP contribution >= 0.6 is 22.9 Å². The van der Waals surface area contributed by atoms with E-state index in [1.165, 1.54) is 11.2 Å². The number of thiophene rings is 1. The number of para-hydroxylation sites is 2. The zero-order valence-electron chi connectivity index (χ0n) is 10.8. The monoisotopic (exact) mass is 304 g/mol. The standard InChI is InChI=1S/C14H13ClN4S/c1-10(13-6-7-14(15)20-13)18-11-4-2-3-5-12(11)19-9-16-8-17-19/h2-10,18H,1H3. The summed E-state index contributed by atoms with van der Waals surface area (Å²) in [5.41, 5.74) is 1.98. The Labute approximate surface area is 126 Å². The molecule has 3 rings (SSSR count). The molecule has 3 aromatic rings. The predicted molar refractivity (Wildman–Crippen MR) is 82.7 cm³/mol. The van der Waals surface area contributed by atoms with Crippen molar-refractivity contribution in [3.05, 3.63) is 58.3 Å². The SMILES string of the molecule is CC(Nc1ccccc1-n1cncn1)c1ccc(Cl)s1. The molecule has 0 aliphatic carbocycles. The first-order valence-electron chi connectivity index (χ1n) is 6.20. The van der Waals surface area contributed by atoms with E-state index in [1.807, 2.05) is 36.4 Å². The van der Waals surface area contributed by atoms with Crippen LogP contribution in [0.4, 0.5) is 5.69 Å². The van der Waals surface area contributed by atoms with Gasteiger partial charge in [-0.2, -0.15) is 5.10 Å². The Balaban J connectivity index is 1.88. The zero-order chi connectivity index (χ0) is 13.9. The van der Waals surface area contributed by atoms with Crippen molar-refractivity contribution in [3.63, 3.8) is 0 Å². The van der Waals surface area contributed by atoms with E-state index in [2.05, 4.69) is 22.3 Å². The number of halogens is 1. The molecule has 2 heterocycles. The van der Waals surface area contributed by atoms with Gasteiger partial charge < -0.3 is 5.32 Å².